The summed E-state index contributed by atoms with van der Waals surface area (Å²) in [6, 6.07) is 7.18. The van der Waals surface area contributed by atoms with Crippen molar-refractivity contribution in [3.8, 4) is 11.3 Å². The molecule has 0 atom stereocenters. The van der Waals surface area contributed by atoms with Gasteiger partial charge in [0.05, 0.1) is 11.0 Å². The highest BCUT2D eigenvalue weighted by Crippen LogP contribution is 2.23. The molecule has 2 aromatic heterocycles. The molecule has 98 valence electrons. The fraction of sp³-hybridized carbons (Fsp3) is 0.214. The lowest BCUT2D eigenvalue weighted by Gasteiger charge is -2.00. The second-order valence-corrected chi connectivity index (χ2v) is 4.42. The van der Waals surface area contributed by atoms with Crippen molar-refractivity contribution in [2.45, 2.75) is 13.8 Å². The van der Waals surface area contributed by atoms with Gasteiger partial charge in [0.25, 0.3) is 5.70 Å². The number of aromatic nitrogens is 1. The molecular weight excluding hydrogens is 244 g/mol. The molecule has 19 heavy (non-hydrogen) atoms. The third kappa shape index (κ3) is 3.07. The summed E-state index contributed by atoms with van der Waals surface area (Å²) in [7, 11) is 0. The fourth-order valence-corrected chi connectivity index (χ4v) is 1.67. The molecule has 0 bridgehead atoms. The maximum Gasteiger partial charge on any atom is 0.252 e. The highest BCUT2D eigenvalue weighted by molar-refractivity contribution is 5.58. The van der Waals surface area contributed by atoms with E-state index >= 15 is 0 Å². The molecule has 2 heterocycles. The second-order valence-electron chi connectivity index (χ2n) is 4.42. The summed E-state index contributed by atoms with van der Waals surface area (Å²) in [5, 5.41) is 10.9. The summed E-state index contributed by atoms with van der Waals surface area (Å²) < 4.78 is 5.58. The van der Waals surface area contributed by atoms with Gasteiger partial charge in [0.1, 0.15) is 11.5 Å². The molecule has 0 spiro atoms. The zero-order valence-electron chi connectivity index (χ0n) is 10.7. The van der Waals surface area contributed by atoms with Gasteiger partial charge in [-0.05, 0) is 24.3 Å². The summed E-state index contributed by atoms with van der Waals surface area (Å²) in [6.07, 6.45) is 4.82. The van der Waals surface area contributed by atoms with Crippen molar-refractivity contribution < 1.29 is 9.34 Å². The molecule has 5 nitrogen and oxygen atoms in total. The first-order chi connectivity index (χ1) is 9.08. The van der Waals surface area contributed by atoms with Crippen molar-refractivity contribution in [2.24, 2.45) is 5.92 Å². The third-order valence-electron chi connectivity index (χ3n) is 2.67. The van der Waals surface area contributed by atoms with Gasteiger partial charge in [-0.1, -0.05) is 13.8 Å². The zero-order chi connectivity index (χ0) is 13.8. The van der Waals surface area contributed by atoms with Crippen LogP contribution in [-0.2, 0) is 0 Å². The van der Waals surface area contributed by atoms with Crippen LogP contribution in [0.25, 0.3) is 17.4 Å². The Morgan fingerprint density at radius 3 is 2.79 bits per heavy atom. The maximum absolute atomic E-state index is 10.9. The van der Waals surface area contributed by atoms with Gasteiger partial charge in [0.2, 0.25) is 0 Å². The smallest absolute Gasteiger partial charge is 0.252 e. The van der Waals surface area contributed by atoms with Crippen molar-refractivity contribution >= 4 is 6.08 Å². The summed E-state index contributed by atoms with van der Waals surface area (Å²) in [5.41, 5.74) is 0.974. The fourth-order valence-electron chi connectivity index (χ4n) is 1.67. The van der Waals surface area contributed by atoms with Crippen LogP contribution in [0.3, 0.4) is 0 Å². The van der Waals surface area contributed by atoms with Crippen molar-refractivity contribution in [1.29, 1.82) is 0 Å². The molecule has 0 radical (unpaired) electrons. The molecule has 2 rings (SSSR count). The number of pyridine rings is 1. The van der Waals surface area contributed by atoms with Gasteiger partial charge in [-0.2, -0.15) is 0 Å². The van der Waals surface area contributed by atoms with Crippen molar-refractivity contribution in [3.05, 3.63) is 58.2 Å². The minimum absolute atomic E-state index is 0.132. The van der Waals surface area contributed by atoms with Gasteiger partial charge >= 0.3 is 0 Å². The summed E-state index contributed by atoms with van der Waals surface area (Å²) >= 11 is 0. The molecule has 0 unspecified atom stereocenters. The first-order valence-electron chi connectivity index (χ1n) is 5.94. The minimum Gasteiger partial charge on any atom is -0.456 e. The van der Waals surface area contributed by atoms with Crippen LogP contribution < -0.4 is 0 Å². The molecule has 0 fully saturated rings. The molecule has 0 aliphatic rings. The molecule has 2 aromatic rings. The average molecular weight is 258 g/mol. The Morgan fingerprint density at radius 2 is 2.21 bits per heavy atom. The van der Waals surface area contributed by atoms with Crippen molar-refractivity contribution in [3.63, 3.8) is 0 Å². The molecule has 0 aromatic carbocycles. The average Bonchev–Trinajstić information content (AvgIpc) is 2.85. The monoisotopic (exact) mass is 258 g/mol. The van der Waals surface area contributed by atoms with Crippen LogP contribution in [0.5, 0.6) is 0 Å². The Hall–Kier alpha value is -2.43. The predicted octanol–water partition coefficient (Wildman–Crippen LogP) is 3.62. The van der Waals surface area contributed by atoms with Crippen LogP contribution in [-0.4, -0.2) is 9.91 Å². The van der Waals surface area contributed by atoms with Gasteiger partial charge in [-0.3, -0.25) is 15.1 Å². The lowest BCUT2D eigenvalue weighted by molar-refractivity contribution is -0.431. The summed E-state index contributed by atoms with van der Waals surface area (Å²) in [6.45, 7) is 3.55. The SMILES string of the molecule is CC(C)/C(=C/c1ccc(-c2cccnc2)o1)[N+](=O)[O-]. The molecule has 0 aliphatic heterocycles. The van der Waals surface area contributed by atoms with Gasteiger partial charge in [-0.25, -0.2) is 0 Å². The molecule has 0 N–H and O–H groups in total. The number of nitrogens with zero attached hydrogens (tertiary/aromatic N) is 2. The number of hydrogen-bond acceptors (Lipinski definition) is 4. The summed E-state index contributed by atoms with van der Waals surface area (Å²) in [4.78, 5) is 14.5. The number of rotatable bonds is 4. The molecular formula is C14H14N2O3. The van der Waals surface area contributed by atoms with Crippen LogP contribution in [0.15, 0.2) is 46.8 Å². The van der Waals surface area contributed by atoms with E-state index in [9.17, 15) is 10.1 Å². The van der Waals surface area contributed by atoms with E-state index in [1.54, 1.807) is 38.4 Å². The number of allylic oxidation sites excluding steroid dienone is 1. The lowest BCUT2D eigenvalue weighted by Crippen LogP contribution is -2.05. The molecule has 0 saturated carbocycles. The minimum atomic E-state index is -0.378. The standard InChI is InChI=1S/C14H14N2O3/c1-10(2)13(16(17)18)8-12-5-6-14(19-12)11-4-3-7-15-9-11/h3-10H,1-2H3/b13-8-. The van der Waals surface area contributed by atoms with Gasteiger partial charge in [0.15, 0.2) is 0 Å². The van der Waals surface area contributed by atoms with Crippen LogP contribution in [0, 0.1) is 16.0 Å². The number of furan rings is 1. The summed E-state index contributed by atoms with van der Waals surface area (Å²) in [5.74, 6) is 0.951. The Balaban J connectivity index is 2.32. The predicted molar refractivity (Wildman–Crippen MR) is 71.7 cm³/mol. The zero-order valence-corrected chi connectivity index (χ0v) is 10.7. The first kappa shape index (κ1) is 13.0. The number of hydrogen-bond donors (Lipinski definition) is 0. The quantitative estimate of drug-likeness (QED) is 0.620. The van der Waals surface area contributed by atoms with E-state index in [1.165, 1.54) is 6.08 Å². The molecule has 0 amide bonds. The normalized spacial score (nSPS) is 11.8. The molecule has 0 aliphatic carbocycles. The van der Waals surface area contributed by atoms with Crippen molar-refractivity contribution in [1.82, 2.24) is 4.98 Å². The maximum atomic E-state index is 10.9. The van der Waals surface area contributed by atoms with Crippen LogP contribution in [0.4, 0.5) is 0 Å². The Kier molecular flexibility index (Phi) is 3.75. The van der Waals surface area contributed by atoms with E-state index in [4.69, 9.17) is 4.42 Å². The van der Waals surface area contributed by atoms with Gasteiger partial charge in [0, 0.05) is 23.9 Å². The van der Waals surface area contributed by atoms with Gasteiger partial charge < -0.3 is 4.42 Å². The topological polar surface area (TPSA) is 69.2 Å². The highest BCUT2D eigenvalue weighted by Gasteiger charge is 2.16. The van der Waals surface area contributed by atoms with Gasteiger partial charge in [-0.15, -0.1) is 0 Å². The van der Waals surface area contributed by atoms with E-state index in [-0.39, 0.29) is 16.5 Å². The van der Waals surface area contributed by atoms with E-state index in [2.05, 4.69) is 4.98 Å². The lowest BCUT2D eigenvalue weighted by atomic mass is 10.1. The Bertz CT molecular complexity index is 600. The largest absolute Gasteiger partial charge is 0.456 e. The first-order valence-corrected chi connectivity index (χ1v) is 5.94. The number of nitro groups is 1. The third-order valence-corrected chi connectivity index (χ3v) is 2.67. The Morgan fingerprint density at radius 1 is 1.42 bits per heavy atom. The van der Waals surface area contributed by atoms with E-state index < -0.39 is 0 Å². The molecule has 5 heteroatoms. The van der Waals surface area contributed by atoms with E-state index in [1.807, 2.05) is 12.1 Å². The molecule has 0 saturated heterocycles. The van der Waals surface area contributed by atoms with Crippen LogP contribution >= 0.6 is 0 Å². The van der Waals surface area contributed by atoms with Crippen LogP contribution in [0.2, 0.25) is 0 Å². The van der Waals surface area contributed by atoms with E-state index in [0.29, 0.717) is 11.5 Å². The second kappa shape index (κ2) is 5.48. The highest BCUT2D eigenvalue weighted by atomic mass is 16.6. The van der Waals surface area contributed by atoms with Crippen LogP contribution in [0.1, 0.15) is 19.6 Å². The van der Waals surface area contributed by atoms with Crippen molar-refractivity contribution in [2.75, 3.05) is 0 Å². The Labute approximate surface area is 110 Å². The van der Waals surface area contributed by atoms with E-state index in [0.717, 1.165) is 5.56 Å².